The summed E-state index contributed by atoms with van der Waals surface area (Å²) in [7, 11) is 1.41. The molecule has 2 fully saturated rings. The molecular formula is C17H20FNO4. The lowest BCUT2D eigenvalue weighted by molar-refractivity contribution is -0.141. The number of nitrogens with zero attached hydrogens (tertiary/aromatic N) is 1. The SMILES string of the molecule is COc1ccc(F)cc1C(=O)N1C(C(=O)O)CC2CCCCC21. The van der Waals surface area contributed by atoms with Crippen LogP contribution in [0.15, 0.2) is 18.2 Å². The minimum atomic E-state index is -0.997. The molecule has 1 N–H and O–H groups in total. The lowest BCUT2D eigenvalue weighted by Gasteiger charge is -2.33. The van der Waals surface area contributed by atoms with Crippen molar-refractivity contribution in [2.45, 2.75) is 44.2 Å². The first-order valence-electron chi connectivity index (χ1n) is 7.92. The summed E-state index contributed by atoms with van der Waals surface area (Å²) in [6.45, 7) is 0. The van der Waals surface area contributed by atoms with E-state index < -0.39 is 23.7 Å². The normalized spacial score (nSPS) is 26.7. The number of carbonyl (C=O) groups excluding carboxylic acids is 1. The van der Waals surface area contributed by atoms with Gasteiger partial charge in [0.15, 0.2) is 0 Å². The molecule has 3 unspecified atom stereocenters. The highest BCUT2D eigenvalue weighted by molar-refractivity contribution is 5.99. The maximum absolute atomic E-state index is 13.6. The standard InChI is InChI=1S/C17H20FNO4/c1-23-15-7-6-11(18)9-12(15)16(20)19-13-5-3-2-4-10(13)8-14(19)17(21)22/h6-7,9-10,13-14H,2-5,8H2,1H3,(H,21,22). The number of rotatable bonds is 3. The van der Waals surface area contributed by atoms with Crippen LogP contribution in [0.4, 0.5) is 4.39 Å². The molecule has 1 aliphatic heterocycles. The van der Waals surface area contributed by atoms with Crippen molar-refractivity contribution in [2.75, 3.05) is 7.11 Å². The fourth-order valence-electron chi connectivity index (χ4n) is 3.96. The monoisotopic (exact) mass is 321 g/mol. The number of halogens is 1. The maximum atomic E-state index is 13.6. The first kappa shape index (κ1) is 15.8. The highest BCUT2D eigenvalue weighted by Gasteiger charge is 2.48. The Hall–Kier alpha value is -2.11. The second kappa shape index (κ2) is 6.18. The van der Waals surface area contributed by atoms with Crippen LogP contribution in [0.1, 0.15) is 42.5 Å². The van der Waals surface area contributed by atoms with Gasteiger partial charge in [-0.25, -0.2) is 9.18 Å². The molecule has 1 heterocycles. The third-order valence-electron chi connectivity index (χ3n) is 5.00. The van der Waals surface area contributed by atoms with Gasteiger partial charge < -0.3 is 14.7 Å². The molecule has 3 atom stereocenters. The smallest absolute Gasteiger partial charge is 0.326 e. The highest BCUT2D eigenvalue weighted by Crippen LogP contribution is 2.41. The first-order valence-corrected chi connectivity index (χ1v) is 7.92. The van der Waals surface area contributed by atoms with Gasteiger partial charge in [-0.2, -0.15) is 0 Å². The van der Waals surface area contributed by atoms with Crippen LogP contribution in [0.25, 0.3) is 0 Å². The van der Waals surface area contributed by atoms with Crippen molar-refractivity contribution in [1.82, 2.24) is 4.90 Å². The predicted octanol–water partition coefficient (Wildman–Crippen LogP) is 2.69. The quantitative estimate of drug-likeness (QED) is 0.929. The van der Waals surface area contributed by atoms with E-state index in [1.165, 1.54) is 24.1 Å². The Morgan fingerprint density at radius 2 is 2.04 bits per heavy atom. The van der Waals surface area contributed by atoms with Crippen LogP contribution in [-0.2, 0) is 4.79 Å². The number of amides is 1. The van der Waals surface area contributed by atoms with Gasteiger partial charge in [0.05, 0.1) is 12.7 Å². The van der Waals surface area contributed by atoms with E-state index in [0.717, 1.165) is 31.7 Å². The summed E-state index contributed by atoms with van der Waals surface area (Å²) in [4.78, 5) is 26.0. The molecule has 23 heavy (non-hydrogen) atoms. The molecule has 1 saturated carbocycles. The zero-order valence-electron chi connectivity index (χ0n) is 13.0. The number of benzene rings is 1. The number of aliphatic carboxylic acids is 1. The second-order valence-corrected chi connectivity index (χ2v) is 6.26. The number of fused-ring (bicyclic) bond motifs is 1. The van der Waals surface area contributed by atoms with Gasteiger partial charge in [0.1, 0.15) is 17.6 Å². The Morgan fingerprint density at radius 1 is 1.30 bits per heavy atom. The molecule has 3 rings (SSSR count). The molecule has 0 radical (unpaired) electrons. The third-order valence-corrected chi connectivity index (χ3v) is 5.00. The summed E-state index contributed by atoms with van der Waals surface area (Å²) in [5.41, 5.74) is 0.0879. The first-order chi connectivity index (χ1) is 11.0. The molecule has 5 nitrogen and oxygen atoms in total. The number of hydrogen-bond donors (Lipinski definition) is 1. The van der Waals surface area contributed by atoms with E-state index in [2.05, 4.69) is 0 Å². The molecule has 2 aliphatic rings. The molecule has 1 aromatic rings. The topological polar surface area (TPSA) is 66.8 Å². The van der Waals surface area contributed by atoms with E-state index in [4.69, 9.17) is 4.74 Å². The van der Waals surface area contributed by atoms with Crippen molar-refractivity contribution in [1.29, 1.82) is 0 Å². The van der Waals surface area contributed by atoms with E-state index in [1.807, 2.05) is 0 Å². The van der Waals surface area contributed by atoms with Gasteiger partial charge >= 0.3 is 5.97 Å². The van der Waals surface area contributed by atoms with Crippen LogP contribution in [-0.4, -0.2) is 41.1 Å². The molecule has 1 aliphatic carbocycles. The summed E-state index contributed by atoms with van der Waals surface area (Å²) in [6, 6.07) is 2.81. The van der Waals surface area contributed by atoms with Gasteiger partial charge in [-0.1, -0.05) is 12.8 Å². The highest BCUT2D eigenvalue weighted by atomic mass is 19.1. The van der Waals surface area contributed by atoms with Gasteiger partial charge in [0, 0.05) is 6.04 Å². The molecule has 0 spiro atoms. The van der Waals surface area contributed by atoms with Crippen LogP contribution in [0.3, 0.4) is 0 Å². The summed E-state index contributed by atoms with van der Waals surface area (Å²) in [5, 5.41) is 9.51. The largest absolute Gasteiger partial charge is 0.496 e. The van der Waals surface area contributed by atoms with Gasteiger partial charge in [-0.05, 0) is 43.4 Å². The van der Waals surface area contributed by atoms with Crippen LogP contribution in [0.5, 0.6) is 5.75 Å². The van der Waals surface area contributed by atoms with Crippen molar-refractivity contribution in [3.05, 3.63) is 29.6 Å². The number of carboxylic acid groups (broad SMARTS) is 1. The van der Waals surface area contributed by atoms with Crippen molar-refractivity contribution in [3.63, 3.8) is 0 Å². The van der Waals surface area contributed by atoms with Gasteiger partial charge in [-0.3, -0.25) is 4.79 Å². The van der Waals surface area contributed by atoms with E-state index in [0.29, 0.717) is 6.42 Å². The van der Waals surface area contributed by atoms with Crippen LogP contribution in [0, 0.1) is 11.7 Å². The van der Waals surface area contributed by atoms with Gasteiger partial charge in [0.2, 0.25) is 0 Å². The molecular weight excluding hydrogens is 301 g/mol. The summed E-state index contributed by atoms with van der Waals surface area (Å²) in [6.07, 6.45) is 4.27. The van der Waals surface area contributed by atoms with Crippen molar-refractivity contribution in [3.8, 4) is 5.75 Å². The molecule has 1 amide bonds. The summed E-state index contributed by atoms with van der Waals surface area (Å²) >= 11 is 0. The van der Waals surface area contributed by atoms with E-state index in [9.17, 15) is 19.1 Å². The van der Waals surface area contributed by atoms with Crippen molar-refractivity contribution in [2.24, 2.45) is 5.92 Å². The number of methoxy groups -OCH3 is 1. The van der Waals surface area contributed by atoms with E-state index >= 15 is 0 Å². The number of carboxylic acids is 1. The maximum Gasteiger partial charge on any atom is 0.326 e. The number of ether oxygens (including phenoxy) is 1. The molecule has 0 bridgehead atoms. The van der Waals surface area contributed by atoms with Crippen molar-refractivity contribution >= 4 is 11.9 Å². The Labute approximate surface area is 134 Å². The third kappa shape index (κ3) is 2.78. The Bertz CT molecular complexity index is 633. The van der Waals surface area contributed by atoms with Gasteiger partial charge in [0.25, 0.3) is 5.91 Å². The van der Waals surface area contributed by atoms with Crippen LogP contribution < -0.4 is 4.74 Å². The lowest BCUT2D eigenvalue weighted by Crippen LogP contribution is -2.46. The Kier molecular flexibility index (Phi) is 4.24. The molecule has 0 aromatic heterocycles. The second-order valence-electron chi connectivity index (χ2n) is 6.26. The zero-order valence-corrected chi connectivity index (χ0v) is 13.0. The van der Waals surface area contributed by atoms with E-state index in [-0.39, 0.29) is 23.3 Å². The van der Waals surface area contributed by atoms with Crippen molar-refractivity contribution < 1.29 is 23.8 Å². The zero-order chi connectivity index (χ0) is 16.6. The Morgan fingerprint density at radius 3 is 2.74 bits per heavy atom. The minimum Gasteiger partial charge on any atom is -0.496 e. The Balaban J connectivity index is 1.98. The average Bonchev–Trinajstić information content (AvgIpc) is 2.94. The number of hydrogen-bond acceptors (Lipinski definition) is 3. The minimum absolute atomic E-state index is 0.0784. The average molecular weight is 321 g/mol. The molecule has 6 heteroatoms. The van der Waals surface area contributed by atoms with Gasteiger partial charge in [-0.15, -0.1) is 0 Å². The number of carbonyl (C=O) groups is 2. The lowest BCUT2D eigenvalue weighted by atomic mass is 9.84. The molecule has 124 valence electrons. The summed E-state index contributed by atoms with van der Waals surface area (Å²) < 4.78 is 18.7. The fourth-order valence-corrected chi connectivity index (χ4v) is 3.96. The van der Waals surface area contributed by atoms with Crippen LogP contribution in [0.2, 0.25) is 0 Å². The molecule has 1 aromatic carbocycles. The predicted molar refractivity (Wildman–Crippen MR) is 80.9 cm³/mol. The molecule has 1 saturated heterocycles. The van der Waals surface area contributed by atoms with E-state index in [1.54, 1.807) is 0 Å². The number of likely N-dealkylation sites (tertiary alicyclic amines) is 1. The van der Waals surface area contributed by atoms with Crippen LogP contribution >= 0.6 is 0 Å². The fraction of sp³-hybridized carbons (Fsp3) is 0.529. The summed E-state index contributed by atoms with van der Waals surface area (Å²) in [5.74, 6) is -1.51.